The van der Waals surface area contributed by atoms with E-state index in [1.54, 1.807) is 24.3 Å². The third-order valence-electron chi connectivity index (χ3n) is 6.19. The summed E-state index contributed by atoms with van der Waals surface area (Å²) in [4.78, 5) is 39.5. The molecule has 37 heavy (non-hydrogen) atoms. The summed E-state index contributed by atoms with van der Waals surface area (Å²) in [5, 5.41) is -0.174. The van der Waals surface area contributed by atoms with Crippen LogP contribution < -0.4 is 15.3 Å². The molecule has 1 fully saturated rings. The number of unbranched alkanes of at least 4 members (excludes halogenated alkanes) is 2. The van der Waals surface area contributed by atoms with Crippen molar-refractivity contribution in [2.75, 3.05) is 24.6 Å². The summed E-state index contributed by atoms with van der Waals surface area (Å²) < 4.78 is 51.4. The van der Waals surface area contributed by atoms with E-state index in [-0.39, 0.29) is 36.1 Å². The Balaban J connectivity index is 1.35. The van der Waals surface area contributed by atoms with Gasteiger partial charge >= 0.3 is 17.8 Å². The van der Waals surface area contributed by atoms with Crippen LogP contribution in [0.25, 0.3) is 11.0 Å². The van der Waals surface area contributed by atoms with Crippen molar-refractivity contribution in [1.82, 2.24) is 4.90 Å². The molecule has 1 saturated heterocycles. The smallest absolute Gasteiger partial charge is 0.417 e. The zero-order valence-corrected chi connectivity index (χ0v) is 20.3. The first-order chi connectivity index (χ1) is 17.7. The standard InChI is InChI=1S/C27H27F3N2O5/c1-2-9-20-22(13-12-19-21(27(28,29)30)16-24(34)37-25(19)20)36-15-8-4-7-14-31-23(33)17-32(26(31)35)18-10-5-3-6-11-18/h3,5-6,10-13,16H,2,4,7-9,14-15,17H2,1H3. The number of urea groups is 1. The van der Waals surface area contributed by atoms with Gasteiger partial charge in [-0.25, -0.2) is 9.59 Å². The first-order valence-corrected chi connectivity index (χ1v) is 12.2. The molecule has 0 N–H and O–H groups in total. The van der Waals surface area contributed by atoms with E-state index in [9.17, 15) is 27.6 Å². The Morgan fingerprint density at radius 1 is 1.00 bits per heavy atom. The van der Waals surface area contributed by atoms with Crippen LogP contribution in [-0.2, 0) is 17.4 Å². The molecule has 2 heterocycles. The Morgan fingerprint density at radius 2 is 1.76 bits per heavy atom. The molecular weight excluding hydrogens is 489 g/mol. The van der Waals surface area contributed by atoms with Gasteiger partial charge in [-0.3, -0.25) is 14.6 Å². The third-order valence-corrected chi connectivity index (χ3v) is 6.19. The summed E-state index contributed by atoms with van der Waals surface area (Å²) in [6, 6.07) is 11.9. The number of alkyl halides is 3. The number of halogens is 3. The highest BCUT2D eigenvalue weighted by molar-refractivity contribution is 6.12. The Kier molecular flexibility index (Phi) is 7.85. The quantitative estimate of drug-likeness (QED) is 0.194. The molecule has 1 aromatic heterocycles. The van der Waals surface area contributed by atoms with Gasteiger partial charge in [0.15, 0.2) is 0 Å². The minimum atomic E-state index is -4.68. The van der Waals surface area contributed by atoms with E-state index in [0.717, 1.165) is 0 Å². The lowest BCUT2D eigenvalue weighted by atomic mass is 10.0. The number of anilines is 1. The summed E-state index contributed by atoms with van der Waals surface area (Å²) in [5.41, 5.74) is -1.09. The molecule has 0 radical (unpaired) electrons. The van der Waals surface area contributed by atoms with Gasteiger partial charge in [-0.1, -0.05) is 31.5 Å². The van der Waals surface area contributed by atoms with E-state index in [1.165, 1.54) is 21.9 Å². The third kappa shape index (κ3) is 5.79. The number of carbonyl (C=O) groups excluding carboxylic acids is 2. The monoisotopic (exact) mass is 516 g/mol. The van der Waals surface area contributed by atoms with E-state index in [0.29, 0.717) is 61.7 Å². The van der Waals surface area contributed by atoms with Crippen molar-refractivity contribution in [2.45, 2.75) is 45.2 Å². The fourth-order valence-electron chi connectivity index (χ4n) is 4.42. The summed E-state index contributed by atoms with van der Waals surface area (Å²) in [7, 11) is 0. The Morgan fingerprint density at radius 3 is 2.46 bits per heavy atom. The molecule has 0 unspecified atom stereocenters. The Bertz CT molecular complexity index is 1340. The van der Waals surface area contributed by atoms with Crippen LogP contribution in [0.5, 0.6) is 5.75 Å². The SMILES string of the molecule is CCCc1c(OCCCCCN2C(=O)CN(c3ccccc3)C2=O)ccc2c(C(F)(F)F)cc(=O)oc12. The van der Waals surface area contributed by atoms with Gasteiger partial charge in [0.2, 0.25) is 0 Å². The number of imide groups is 1. The zero-order chi connectivity index (χ0) is 26.6. The lowest BCUT2D eigenvalue weighted by molar-refractivity contribution is -0.136. The van der Waals surface area contributed by atoms with E-state index in [1.807, 2.05) is 13.0 Å². The highest BCUT2D eigenvalue weighted by Crippen LogP contribution is 2.37. The maximum atomic E-state index is 13.4. The van der Waals surface area contributed by atoms with Crippen LogP contribution in [0.4, 0.5) is 23.7 Å². The largest absolute Gasteiger partial charge is 0.493 e. The zero-order valence-electron chi connectivity index (χ0n) is 20.3. The number of hydrogen-bond acceptors (Lipinski definition) is 5. The van der Waals surface area contributed by atoms with Crippen molar-refractivity contribution in [3.8, 4) is 5.75 Å². The first-order valence-electron chi connectivity index (χ1n) is 12.2. The number of benzene rings is 2. The van der Waals surface area contributed by atoms with Gasteiger partial charge in [-0.05, 0) is 49.9 Å². The number of hydrogen-bond donors (Lipinski definition) is 0. The number of nitrogens with zero attached hydrogens (tertiary/aromatic N) is 2. The molecule has 0 saturated carbocycles. The van der Waals surface area contributed by atoms with Crippen molar-refractivity contribution in [3.63, 3.8) is 0 Å². The lowest BCUT2D eigenvalue weighted by Crippen LogP contribution is -2.33. The normalized spacial score (nSPS) is 14.2. The van der Waals surface area contributed by atoms with Gasteiger partial charge in [0, 0.05) is 29.2 Å². The molecule has 10 heteroatoms. The fraction of sp³-hybridized carbons (Fsp3) is 0.370. The number of para-hydroxylation sites is 1. The number of amides is 3. The van der Waals surface area contributed by atoms with Gasteiger partial charge in [-0.15, -0.1) is 0 Å². The average molecular weight is 517 g/mol. The molecule has 0 bridgehead atoms. The second-order valence-electron chi connectivity index (χ2n) is 8.80. The number of carbonyl (C=O) groups is 2. The maximum Gasteiger partial charge on any atom is 0.417 e. The molecular formula is C27H27F3N2O5. The molecule has 2 aromatic carbocycles. The highest BCUT2D eigenvalue weighted by Gasteiger charge is 2.36. The number of fused-ring (bicyclic) bond motifs is 1. The van der Waals surface area contributed by atoms with Crippen LogP contribution >= 0.6 is 0 Å². The number of aryl methyl sites for hydroxylation is 1. The van der Waals surface area contributed by atoms with Crippen LogP contribution in [0.3, 0.4) is 0 Å². The summed E-state index contributed by atoms with van der Waals surface area (Å²) >= 11 is 0. The van der Waals surface area contributed by atoms with E-state index < -0.39 is 17.4 Å². The van der Waals surface area contributed by atoms with Crippen molar-refractivity contribution < 1.29 is 31.9 Å². The summed E-state index contributed by atoms with van der Waals surface area (Å²) in [6.45, 7) is 2.46. The van der Waals surface area contributed by atoms with E-state index in [2.05, 4.69) is 0 Å². The van der Waals surface area contributed by atoms with Crippen molar-refractivity contribution in [2.24, 2.45) is 0 Å². The van der Waals surface area contributed by atoms with Gasteiger partial charge in [0.1, 0.15) is 17.9 Å². The van der Waals surface area contributed by atoms with Crippen molar-refractivity contribution in [1.29, 1.82) is 0 Å². The Labute approximate surface area is 211 Å². The second kappa shape index (κ2) is 11.1. The van der Waals surface area contributed by atoms with Gasteiger partial charge in [-0.2, -0.15) is 13.2 Å². The average Bonchev–Trinajstić information content (AvgIpc) is 3.15. The summed E-state index contributed by atoms with van der Waals surface area (Å²) in [5.74, 6) is 0.130. The van der Waals surface area contributed by atoms with Crippen molar-refractivity contribution >= 4 is 28.6 Å². The predicted octanol–water partition coefficient (Wildman–Crippen LogP) is 5.78. The minimum absolute atomic E-state index is 0.0142. The molecule has 0 spiro atoms. The Hall–Kier alpha value is -3.82. The minimum Gasteiger partial charge on any atom is -0.493 e. The molecule has 3 aromatic rings. The molecule has 196 valence electrons. The molecule has 7 nitrogen and oxygen atoms in total. The predicted molar refractivity (Wildman–Crippen MR) is 132 cm³/mol. The molecule has 1 aliphatic rings. The summed E-state index contributed by atoms with van der Waals surface area (Å²) in [6.07, 6.45) is -1.81. The van der Waals surface area contributed by atoms with Crippen LogP contribution in [0.2, 0.25) is 0 Å². The first kappa shape index (κ1) is 26.2. The van der Waals surface area contributed by atoms with Crippen LogP contribution in [0, 0.1) is 0 Å². The van der Waals surface area contributed by atoms with E-state index in [4.69, 9.17) is 9.15 Å². The molecule has 4 rings (SSSR count). The van der Waals surface area contributed by atoms with E-state index >= 15 is 0 Å². The molecule has 1 aliphatic heterocycles. The molecule has 0 aliphatic carbocycles. The van der Waals surface area contributed by atoms with Gasteiger partial charge in [0.25, 0.3) is 5.91 Å². The fourth-order valence-corrected chi connectivity index (χ4v) is 4.42. The van der Waals surface area contributed by atoms with Gasteiger partial charge < -0.3 is 9.15 Å². The van der Waals surface area contributed by atoms with Crippen LogP contribution in [0.1, 0.15) is 43.7 Å². The lowest BCUT2D eigenvalue weighted by Gasteiger charge is -2.17. The van der Waals surface area contributed by atoms with Crippen molar-refractivity contribution in [3.05, 3.63) is 70.1 Å². The topological polar surface area (TPSA) is 80.1 Å². The maximum absolute atomic E-state index is 13.4. The second-order valence-corrected chi connectivity index (χ2v) is 8.80. The van der Waals surface area contributed by atoms with Crippen LogP contribution in [0.15, 0.2) is 57.7 Å². The number of ether oxygens (including phenoxy) is 1. The van der Waals surface area contributed by atoms with Crippen LogP contribution in [-0.4, -0.2) is 36.5 Å². The highest BCUT2D eigenvalue weighted by atomic mass is 19.4. The number of rotatable bonds is 10. The molecule has 3 amide bonds. The molecule has 0 atom stereocenters. The van der Waals surface area contributed by atoms with Gasteiger partial charge in [0.05, 0.1) is 12.2 Å².